The van der Waals surface area contributed by atoms with E-state index in [1.807, 2.05) is 66.9 Å². The SMILES string of the molecule is Cc1nc(-c2ccc3c(c2)CCN3C(=O)CN2C(=O)NC(C)(c3ccc4ccccc4c3)C2=O)cs1. The molecular formula is C28H24N4O3S. The number of anilines is 1. The summed E-state index contributed by atoms with van der Waals surface area (Å²) in [7, 11) is 0. The molecule has 0 saturated carbocycles. The van der Waals surface area contributed by atoms with Gasteiger partial charge in [0.15, 0.2) is 0 Å². The number of hydrogen-bond donors (Lipinski definition) is 1. The Morgan fingerprint density at radius 3 is 2.67 bits per heavy atom. The quantitative estimate of drug-likeness (QED) is 0.418. The topological polar surface area (TPSA) is 82.6 Å². The fraction of sp³-hybridized carbons (Fsp3) is 0.214. The summed E-state index contributed by atoms with van der Waals surface area (Å²) < 4.78 is 0. The van der Waals surface area contributed by atoms with Crippen LogP contribution in [0.25, 0.3) is 22.0 Å². The molecule has 3 heterocycles. The monoisotopic (exact) mass is 496 g/mol. The van der Waals surface area contributed by atoms with Crippen LogP contribution in [0.1, 0.15) is 23.1 Å². The maximum atomic E-state index is 13.4. The van der Waals surface area contributed by atoms with Crippen molar-refractivity contribution in [2.75, 3.05) is 18.0 Å². The minimum absolute atomic E-state index is 0.280. The van der Waals surface area contributed by atoms with Gasteiger partial charge in [-0.05, 0) is 60.4 Å². The zero-order valence-corrected chi connectivity index (χ0v) is 20.8. The van der Waals surface area contributed by atoms with Crippen LogP contribution in [0, 0.1) is 6.92 Å². The molecule has 3 aromatic carbocycles. The lowest BCUT2D eigenvalue weighted by Crippen LogP contribution is -2.44. The Balaban J connectivity index is 1.22. The third-order valence-electron chi connectivity index (χ3n) is 7.09. The van der Waals surface area contributed by atoms with E-state index in [0.717, 1.165) is 43.2 Å². The first-order valence-corrected chi connectivity index (χ1v) is 12.7. The van der Waals surface area contributed by atoms with Crippen LogP contribution < -0.4 is 10.2 Å². The van der Waals surface area contributed by atoms with Crippen molar-refractivity contribution in [3.63, 3.8) is 0 Å². The lowest BCUT2D eigenvalue weighted by molar-refractivity contribution is -0.134. The van der Waals surface area contributed by atoms with Gasteiger partial charge in [-0.25, -0.2) is 9.78 Å². The molecule has 2 aliphatic heterocycles. The van der Waals surface area contributed by atoms with Gasteiger partial charge in [-0.2, -0.15) is 0 Å². The number of fused-ring (bicyclic) bond motifs is 2. The molecule has 1 N–H and O–H groups in total. The highest BCUT2D eigenvalue weighted by Gasteiger charge is 2.50. The number of aryl methyl sites for hydroxylation is 1. The molecule has 6 rings (SSSR count). The molecule has 2 aliphatic rings. The van der Waals surface area contributed by atoms with Gasteiger partial charge in [0.25, 0.3) is 5.91 Å². The van der Waals surface area contributed by atoms with Crippen molar-refractivity contribution < 1.29 is 14.4 Å². The molecule has 4 amide bonds. The van der Waals surface area contributed by atoms with Crippen LogP contribution in [0.2, 0.25) is 0 Å². The number of imide groups is 1. The number of thiazole rings is 1. The molecule has 1 saturated heterocycles. The van der Waals surface area contributed by atoms with Crippen LogP contribution in [0.15, 0.2) is 66.0 Å². The minimum Gasteiger partial charge on any atom is -0.319 e. The summed E-state index contributed by atoms with van der Waals surface area (Å²) in [6.45, 7) is 3.87. The summed E-state index contributed by atoms with van der Waals surface area (Å²) in [5.41, 5.74) is 3.28. The van der Waals surface area contributed by atoms with Crippen LogP contribution >= 0.6 is 11.3 Å². The van der Waals surface area contributed by atoms with Crippen LogP contribution in [0.3, 0.4) is 0 Å². The largest absolute Gasteiger partial charge is 0.325 e. The number of urea groups is 1. The molecule has 0 aliphatic carbocycles. The summed E-state index contributed by atoms with van der Waals surface area (Å²) in [5, 5.41) is 7.88. The Labute approximate surface area is 212 Å². The molecule has 180 valence electrons. The Kier molecular flexibility index (Phi) is 5.15. The fourth-order valence-electron chi connectivity index (χ4n) is 5.07. The van der Waals surface area contributed by atoms with Crippen molar-refractivity contribution in [2.45, 2.75) is 25.8 Å². The minimum atomic E-state index is -1.23. The molecular weight excluding hydrogens is 472 g/mol. The van der Waals surface area contributed by atoms with Gasteiger partial charge in [0.05, 0.1) is 10.7 Å². The normalized spacial score (nSPS) is 19.2. The van der Waals surface area contributed by atoms with Crippen molar-refractivity contribution in [1.82, 2.24) is 15.2 Å². The van der Waals surface area contributed by atoms with Crippen molar-refractivity contribution in [3.05, 3.63) is 82.2 Å². The number of carbonyl (C=O) groups excluding carboxylic acids is 3. The van der Waals surface area contributed by atoms with Gasteiger partial charge in [-0.15, -0.1) is 11.3 Å². The van der Waals surface area contributed by atoms with Gasteiger partial charge >= 0.3 is 6.03 Å². The van der Waals surface area contributed by atoms with E-state index in [4.69, 9.17) is 0 Å². The number of benzene rings is 3. The third kappa shape index (κ3) is 3.56. The van der Waals surface area contributed by atoms with Gasteiger partial charge in [0.2, 0.25) is 5.91 Å². The highest BCUT2D eigenvalue weighted by molar-refractivity contribution is 7.09. The van der Waals surface area contributed by atoms with Gasteiger partial charge in [-0.1, -0.05) is 42.5 Å². The van der Waals surface area contributed by atoms with Crippen LogP contribution in [0.4, 0.5) is 10.5 Å². The number of aromatic nitrogens is 1. The number of carbonyl (C=O) groups is 3. The number of hydrogen-bond acceptors (Lipinski definition) is 5. The zero-order chi connectivity index (χ0) is 25.0. The Morgan fingerprint density at radius 1 is 1.08 bits per heavy atom. The first-order valence-electron chi connectivity index (χ1n) is 11.8. The Morgan fingerprint density at radius 2 is 1.89 bits per heavy atom. The third-order valence-corrected chi connectivity index (χ3v) is 7.86. The first-order chi connectivity index (χ1) is 17.3. The van der Waals surface area contributed by atoms with E-state index in [1.165, 1.54) is 0 Å². The van der Waals surface area contributed by atoms with E-state index < -0.39 is 17.5 Å². The molecule has 1 unspecified atom stereocenters. The fourth-order valence-corrected chi connectivity index (χ4v) is 5.70. The van der Waals surface area contributed by atoms with Crippen LogP contribution in [-0.4, -0.2) is 40.8 Å². The highest BCUT2D eigenvalue weighted by atomic mass is 32.1. The molecule has 0 radical (unpaired) electrons. The lowest BCUT2D eigenvalue weighted by Gasteiger charge is -2.24. The Bertz CT molecular complexity index is 1560. The predicted octanol–water partition coefficient (Wildman–Crippen LogP) is 4.63. The standard InChI is InChI=1S/C28H24N4O3S/c1-17-29-23(16-36-17)20-8-10-24-21(13-20)11-12-31(24)25(33)15-32-26(34)28(2,30-27(32)35)22-9-7-18-5-3-4-6-19(18)14-22/h3-10,13-14,16H,11-12,15H2,1-2H3,(H,30,35). The van der Waals surface area contributed by atoms with E-state index >= 15 is 0 Å². The average Bonchev–Trinajstić information content (AvgIpc) is 3.56. The summed E-state index contributed by atoms with van der Waals surface area (Å²) in [5.74, 6) is -0.706. The molecule has 4 aromatic rings. The summed E-state index contributed by atoms with van der Waals surface area (Å²) in [4.78, 5) is 46.8. The van der Waals surface area contributed by atoms with Crippen molar-refractivity contribution in [2.24, 2.45) is 0 Å². The van der Waals surface area contributed by atoms with E-state index in [0.29, 0.717) is 18.5 Å². The van der Waals surface area contributed by atoms with E-state index in [1.54, 1.807) is 23.2 Å². The maximum absolute atomic E-state index is 13.4. The van der Waals surface area contributed by atoms with Gasteiger partial charge in [-0.3, -0.25) is 14.5 Å². The molecule has 7 nitrogen and oxygen atoms in total. The second kappa shape index (κ2) is 8.27. The van der Waals surface area contributed by atoms with E-state index in [-0.39, 0.29) is 12.5 Å². The van der Waals surface area contributed by atoms with Crippen LogP contribution in [0.5, 0.6) is 0 Å². The van der Waals surface area contributed by atoms with E-state index in [9.17, 15) is 14.4 Å². The molecule has 0 bridgehead atoms. The van der Waals surface area contributed by atoms with Crippen molar-refractivity contribution >= 4 is 45.6 Å². The molecule has 36 heavy (non-hydrogen) atoms. The molecule has 0 spiro atoms. The lowest BCUT2D eigenvalue weighted by atomic mass is 9.90. The zero-order valence-electron chi connectivity index (χ0n) is 19.9. The van der Waals surface area contributed by atoms with Crippen LogP contribution in [-0.2, 0) is 21.5 Å². The number of nitrogens with zero attached hydrogens (tertiary/aromatic N) is 3. The summed E-state index contributed by atoms with van der Waals surface area (Å²) in [6.07, 6.45) is 0.715. The highest BCUT2D eigenvalue weighted by Crippen LogP contribution is 2.34. The maximum Gasteiger partial charge on any atom is 0.325 e. The second-order valence-corrected chi connectivity index (χ2v) is 10.5. The summed E-state index contributed by atoms with van der Waals surface area (Å²) in [6, 6.07) is 19.0. The Hall–Kier alpha value is -4.04. The van der Waals surface area contributed by atoms with Gasteiger partial charge in [0, 0.05) is 23.2 Å². The second-order valence-electron chi connectivity index (χ2n) is 9.40. The molecule has 1 atom stereocenters. The molecule has 1 fully saturated rings. The van der Waals surface area contributed by atoms with Gasteiger partial charge in [0.1, 0.15) is 12.1 Å². The van der Waals surface area contributed by atoms with Crippen molar-refractivity contribution in [3.8, 4) is 11.3 Å². The predicted molar refractivity (Wildman–Crippen MR) is 140 cm³/mol. The number of amides is 4. The van der Waals surface area contributed by atoms with E-state index in [2.05, 4.69) is 16.4 Å². The molecule has 8 heteroatoms. The number of nitrogens with one attached hydrogen (secondary N) is 1. The number of rotatable bonds is 4. The summed E-state index contributed by atoms with van der Waals surface area (Å²) >= 11 is 1.60. The van der Waals surface area contributed by atoms with Crippen molar-refractivity contribution in [1.29, 1.82) is 0 Å². The van der Waals surface area contributed by atoms with Gasteiger partial charge < -0.3 is 10.2 Å². The molecule has 1 aromatic heterocycles. The average molecular weight is 497 g/mol. The first kappa shape index (κ1) is 22.4. The smallest absolute Gasteiger partial charge is 0.319 e.